The van der Waals surface area contributed by atoms with E-state index in [0.29, 0.717) is 11.6 Å². The number of amides is 1. The summed E-state index contributed by atoms with van der Waals surface area (Å²) in [6.07, 6.45) is 6.56. The quantitative estimate of drug-likeness (QED) is 0.801. The Morgan fingerprint density at radius 3 is 3.09 bits per heavy atom. The van der Waals surface area contributed by atoms with Crippen LogP contribution in [0.1, 0.15) is 38.3 Å². The van der Waals surface area contributed by atoms with Crippen LogP contribution in [0.5, 0.6) is 0 Å². The maximum absolute atomic E-state index is 11.3. The molecule has 1 aliphatic rings. The summed E-state index contributed by atoms with van der Waals surface area (Å²) in [7, 11) is 0. The summed E-state index contributed by atoms with van der Waals surface area (Å²) in [5, 5.41) is 7.90. The van der Waals surface area contributed by atoms with Gasteiger partial charge in [0.05, 0.1) is 6.20 Å². The molecule has 1 amide bonds. The number of fused-ring (bicyclic) bond motifs is 1. The van der Waals surface area contributed by atoms with E-state index in [1.54, 1.807) is 6.20 Å². The van der Waals surface area contributed by atoms with Crippen molar-refractivity contribution >= 4 is 17.4 Å². The summed E-state index contributed by atoms with van der Waals surface area (Å²) in [6.45, 7) is 5.97. The molecule has 0 saturated heterocycles. The molecule has 3 N–H and O–H groups in total. The summed E-state index contributed by atoms with van der Waals surface area (Å²) in [5.41, 5.74) is 7.81. The number of aryl methyl sites for hydroxylation is 1. The average Bonchev–Trinajstić information content (AvgIpc) is 3.15. The van der Waals surface area contributed by atoms with E-state index in [1.165, 1.54) is 0 Å². The van der Waals surface area contributed by atoms with E-state index in [9.17, 15) is 4.79 Å². The van der Waals surface area contributed by atoms with Crippen LogP contribution in [0, 0.1) is 5.92 Å². The van der Waals surface area contributed by atoms with Gasteiger partial charge in [0, 0.05) is 29.4 Å². The van der Waals surface area contributed by atoms with Crippen molar-refractivity contribution in [1.29, 1.82) is 0 Å². The van der Waals surface area contributed by atoms with Crippen molar-refractivity contribution in [2.75, 3.05) is 5.32 Å². The van der Waals surface area contributed by atoms with Crippen LogP contribution in [0.15, 0.2) is 30.5 Å². The summed E-state index contributed by atoms with van der Waals surface area (Å²) in [4.78, 5) is 15.9. The van der Waals surface area contributed by atoms with E-state index in [4.69, 9.17) is 5.73 Å². The fourth-order valence-electron chi connectivity index (χ4n) is 3.29. The molecule has 2 aromatic rings. The third kappa shape index (κ3) is 3.21. The molecule has 1 fully saturated rings. The molecule has 0 spiro atoms. The van der Waals surface area contributed by atoms with Gasteiger partial charge >= 0.3 is 0 Å². The third-order valence-corrected chi connectivity index (χ3v) is 4.51. The fourth-order valence-corrected chi connectivity index (χ4v) is 3.29. The first-order valence-electron chi connectivity index (χ1n) is 8.17. The second-order valence-corrected chi connectivity index (χ2v) is 6.22. The Hall–Kier alpha value is -2.37. The second kappa shape index (κ2) is 6.40. The zero-order valence-corrected chi connectivity index (χ0v) is 13.5. The number of nitrogens with two attached hydrogens (primary N) is 1. The highest BCUT2D eigenvalue weighted by Crippen LogP contribution is 2.32. The molecule has 2 heterocycles. The van der Waals surface area contributed by atoms with E-state index in [2.05, 4.69) is 35.0 Å². The Bertz CT molecular complexity index is 736. The van der Waals surface area contributed by atoms with Crippen LogP contribution in [-0.2, 0) is 11.2 Å². The van der Waals surface area contributed by atoms with Crippen molar-refractivity contribution in [2.24, 2.45) is 11.7 Å². The van der Waals surface area contributed by atoms with Crippen molar-refractivity contribution in [2.45, 2.75) is 45.1 Å². The Labute approximate surface area is 135 Å². The van der Waals surface area contributed by atoms with Gasteiger partial charge in [-0.05, 0) is 31.6 Å². The number of rotatable bonds is 6. The second-order valence-electron chi connectivity index (χ2n) is 6.22. The number of hydrogen-bond acceptors (Lipinski definition) is 4. The Balaban J connectivity index is 1.78. The number of nitrogens with zero attached hydrogens (tertiary/aromatic N) is 3. The molecule has 3 rings (SSSR count). The van der Waals surface area contributed by atoms with Crippen molar-refractivity contribution < 1.29 is 4.79 Å². The monoisotopic (exact) mass is 313 g/mol. The topological polar surface area (TPSA) is 85.3 Å². The zero-order valence-electron chi connectivity index (χ0n) is 13.5. The lowest BCUT2D eigenvalue weighted by molar-refractivity contribution is -0.115. The molecule has 122 valence electrons. The van der Waals surface area contributed by atoms with Crippen LogP contribution in [0.4, 0.5) is 5.82 Å². The number of hydrogen-bond donors (Lipinski definition) is 2. The highest BCUT2D eigenvalue weighted by atomic mass is 16.1. The molecule has 6 nitrogen and oxygen atoms in total. The minimum Gasteiger partial charge on any atom is -0.367 e. The summed E-state index contributed by atoms with van der Waals surface area (Å²) < 4.78 is 1.83. The first-order valence-corrected chi connectivity index (χ1v) is 8.17. The molecule has 0 bridgehead atoms. The van der Waals surface area contributed by atoms with Crippen LogP contribution < -0.4 is 11.1 Å². The fraction of sp³-hybridized carbons (Fsp3) is 0.471. The van der Waals surface area contributed by atoms with Crippen molar-refractivity contribution in [1.82, 2.24) is 14.6 Å². The van der Waals surface area contributed by atoms with Crippen LogP contribution in [0.3, 0.4) is 0 Å². The molecule has 0 aromatic carbocycles. The highest BCUT2D eigenvalue weighted by molar-refractivity contribution is 5.91. The number of nitrogens with one attached hydrogen (secondary N) is 1. The number of carbonyl (C=O) groups excluding carboxylic acids is 1. The number of anilines is 1. The van der Waals surface area contributed by atoms with Gasteiger partial charge in [-0.25, -0.2) is 4.98 Å². The van der Waals surface area contributed by atoms with Gasteiger partial charge in [0.25, 0.3) is 0 Å². The Morgan fingerprint density at radius 2 is 2.35 bits per heavy atom. The van der Waals surface area contributed by atoms with Crippen molar-refractivity contribution in [3.8, 4) is 0 Å². The molecule has 0 unspecified atom stereocenters. The minimum atomic E-state index is -0.390. The molecular formula is C17H23N5O. The molecule has 23 heavy (non-hydrogen) atoms. The van der Waals surface area contributed by atoms with Crippen LogP contribution >= 0.6 is 0 Å². The summed E-state index contributed by atoms with van der Waals surface area (Å²) in [6, 6.07) is 4.27. The van der Waals surface area contributed by atoms with Crippen LogP contribution in [0.2, 0.25) is 0 Å². The van der Waals surface area contributed by atoms with Crippen LogP contribution in [-0.4, -0.2) is 26.5 Å². The van der Waals surface area contributed by atoms with Gasteiger partial charge in [-0.2, -0.15) is 9.61 Å². The number of aromatic nitrogens is 3. The Morgan fingerprint density at radius 1 is 1.52 bits per heavy atom. The van der Waals surface area contributed by atoms with Crippen molar-refractivity contribution in [3.05, 3.63) is 36.2 Å². The zero-order chi connectivity index (χ0) is 16.4. The van der Waals surface area contributed by atoms with Gasteiger partial charge in [-0.3, -0.25) is 4.79 Å². The largest absolute Gasteiger partial charge is 0.367 e. The molecule has 0 aliphatic heterocycles. The summed E-state index contributed by atoms with van der Waals surface area (Å²) in [5.74, 6) is 0.744. The lowest BCUT2D eigenvalue weighted by atomic mass is 9.98. The average molecular weight is 313 g/mol. The first kappa shape index (κ1) is 15.5. The molecule has 6 heteroatoms. The smallest absolute Gasteiger partial charge is 0.244 e. The predicted octanol–water partition coefficient (Wildman–Crippen LogP) is 2.30. The van der Waals surface area contributed by atoms with Gasteiger partial charge in [0.15, 0.2) is 5.65 Å². The van der Waals surface area contributed by atoms with E-state index in [1.807, 2.05) is 10.6 Å². The SMILES string of the molecule is C=C(C(N)=O)[C@@H]1CC[C@@H](Nc2cc(CCC)nc3ccnn23)C1. The molecule has 1 aliphatic carbocycles. The predicted molar refractivity (Wildman–Crippen MR) is 90.1 cm³/mol. The van der Waals surface area contributed by atoms with E-state index < -0.39 is 0 Å². The van der Waals surface area contributed by atoms with Crippen molar-refractivity contribution in [3.63, 3.8) is 0 Å². The van der Waals surface area contributed by atoms with Gasteiger partial charge in [0.1, 0.15) is 5.82 Å². The number of primary amides is 1. The van der Waals surface area contributed by atoms with E-state index >= 15 is 0 Å². The summed E-state index contributed by atoms with van der Waals surface area (Å²) >= 11 is 0. The van der Waals surface area contributed by atoms with Gasteiger partial charge in [0.2, 0.25) is 5.91 Å². The molecule has 2 aromatic heterocycles. The van der Waals surface area contributed by atoms with Gasteiger partial charge < -0.3 is 11.1 Å². The van der Waals surface area contributed by atoms with Gasteiger partial charge in [-0.15, -0.1) is 0 Å². The van der Waals surface area contributed by atoms with E-state index in [-0.39, 0.29) is 11.8 Å². The normalized spacial score (nSPS) is 20.7. The number of carbonyl (C=O) groups is 1. The minimum absolute atomic E-state index is 0.176. The lowest BCUT2D eigenvalue weighted by Gasteiger charge is -2.16. The van der Waals surface area contributed by atoms with Crippen LogP contribution in [0.25, 0.3) is 5.65 Å². The lowest BCUT2D eigenvalue weighted by Crippen LogP contribution is -2.21. The molecular weight excluding hydrogens is 290 g/mol. The standard InChI is InChI=1S/C17H23N5O/c1-3-4-13-10-16(22-15(20-13)7-8-19-22)21-14-6-5-12(9-14)11(2)17(18)23/h7-8,10,12,14,21H,2-6,9H2,1H3,(H2,18,23)/t12-,14-/m1/s1. The molecule has 1 saturated carbocycles. The Kier molecular flexibility index (Phi) is 4.32. The van der Waals surface area contributed by atoms with Gasteiger partial charge in [-0.1, -0.05) is 19.9 Å². The molecule has 2 atom stereocenters. The maximum atomic E-state index is 11.3. The third-order valence-electron chi connectivity index (χ3n) is 4.51. The maximum Gasteiger partial charge on any atom is 0.244 e. The highest BCUT2D eigenvalue weighted by Gasteiger charge is 2.29. The van der Waals surface area contributed by atoms with E-state index in [0.717, 1.165) is 49.3 Å². The molecule has 0 radical (unpaired) electrons. The first-order chi connectivity index (χ1) is 11.1.